The summed E-state index contributed by atoms with van der Waals surface area (Å²) in [5.41, 5.74) is 1.38. The van der Waals surface area contributed by atoms with Crippen LogP contribution in [-0.2, 0) is 4.74 Å². The number of likely N-dealkylation sites (N-methyl/N-ethyl adjacent to an activating group) is 1. The molecule has 0 aliphatic heterocycles. The fourth-order valence-corrected chi connectivity index (χ4v) is 2.76. The molecule has 2 atom stereocenters. The van der Waals surface area contributed by atoms with Gasteiger partial charge in [-0.2, -0.15) is 0 Å². The quantitative estimate of drug-likeness (QED) is 0.632. The Morgan fingerprint density at radius 3 is 2.43 bits per heavy atom. The molecule has 0 aliphatic rings. The van der Waals surface area contributed by atoms with Crippen LogP contribution in [0.25, 0.3) is 0 Å². The number of nitrogens with zero attached hydrogens (tertiary/aromatic N) is 1. The Labute approximate surface area is 130 Å². The van der Waals surface area contributed by atoms with Crippen LogP contribution in [0.5, 0.6) is 0 Å². The summed E-state index contributed by atoms with van der Waals surface area (Å²) >= 11 is 0. The van der Waals surface area contributed by atoms with Gasteiger partial charge >= 0.3 is 0 Å². The molecular weight excluding hydrogens is 260 g/mol. The summed E-state index contributed by atoms with van der Waals surface area (Å²) in [7, 11) is 2.21. The predicted octanol–water partition coefficient (Wildman–Crippen LogP) is 3.47. The van der Waals surface area contributed by atoms with E-state index in [1.165, 1.54) is 5.56 Å². The van der Waals surface area contributed by atoms with Gasteiger partial charge in [-0.15, -0.1) is 0 Å². The molecule has 120 valence electrons. The van der Waals surface area contributed by atoms with E-state index in [0.29, 0.717) is 12.1 Å². The fourth-order valence-electron chi connectivity index (χ4n) is 2.76. The molecule has 0 spiro atoms. The molecule has 3 nitrogen and oxygen atoms in total. The zero-order valence-corrected chi connectivity index (χ0v) is 14.1. The minimum atomic E-state index is 0.378. The summed E-state index contributed by atoms with van der Waals surface area (Å²) < 4.78 is 5.50. The lowest BCUT2D eigenvalue weighted by Crippen LogP contribution is -2.44. The van der Waals surface area contributed by atoms with Gasteiger partial charge in [-0.1, -0.05) is 44.2 Å². The minimum Gasteiger partial charge on any atom is -0.380 e. The lowest BCUT2D eigenvalue weighted by molar-refractivity contribution is 0.0955. The first-order valence-electron chi connectivity index (χ1n) is 8.30. The van der Waals surface area contributed by atoms with Gasteiger partial charge in [0.1, 0.15) is 0 Å². The van der Waals surface area contributed by atoms with Crippen LogP contribution in [0, 0.1) is 0 Å². The number of hydrogen-bond acceptors (Lipinski definition) is 3. The third-order valence-corrected chi connectivity index (χ3v) is 3.93. The fraction of sp³-hybridized carbons (Fsp3) is 0.667. The molecule has 0 saturated heterocycles. The van der Waals surface area contributed by atoms with Gasteiger partial charge in [0.05, 0.1) is 6.61 Å². The van der Waals surface area contributed by atoms with Crippen LogP contribution in [0.2, 0.25) is 0 Å². The van der Waals surface area contributed by atoms with E-state index in [4.69, 9.17) is 4.74 Å². The highest BCUT2D eigenvalue weighted by atomic mass is 16.5. The van der Waals surface area contributed by atoms with Crippen LogP contribution in [0.15, 0.2) is 30.3 Å². The molecule has 0 radical (unpaired) electrons. The second-order valence-electron chi connectivity index (χ2n) is 5.50. The molecule has 3 heteroatoms. The van der Waals surface area contributed by atoms with Crippen molar-refractivity contribution in [3.05, 3.63) is 35.9 Å². The summed E-state index contributed by atoms with van der Waals surface area (Å²) in [6.07, 6.45) is 2.28. The lowest BCUT2D eigenvalue weighted by Gasteiger charge is -2.35. The molecule has 0 heterocycles. The maximum absolute atomic E-state index is 5.50. The molecule has 2 unspecified atom stereocenters. The van der Waals surface area contributed by atoms with Crippen LogP contribution in [0.1, 0.15) is 45.2 Å². The van der Waals surface area contributed by atoms with Gasteiger partial charge < -0.3 is 10.1 Å². The van der Waals surface area contributed by atoms with Gasteiger partial charge in [-0.25, -0.2) is 0 Å². The first-order valence-corrected chi connectivity index (χ1v) is 8.30. The highest BCUT2D eigenvalue weighted by Gasteiger charge is 2.24. The molecule has 0 saturated carbocycles. The number of rotatable bonds is 11. The predicted molar refractivity (Wildman–Crippen MR) is 90.7 cm³/mol. The van der Waals surface area contributed by atoms with Gasteiger partial charge in [-0.3, -0.25) is 4.90 Å². The van der Waals surface area contributed by atoms with E-state index in [2.05, 4.69) is 61.4 Å². The van der Waals surface area contributed by atoms with E-state index in [1.807, 2.05) is 6.92 Å². The van der Waals surface area contributed by atoms with Gasteiger partial charge in [0.2, 0.25) is 0 Å². The lowest BCUT2D eigenvalue weighted by atomic mass is 9.96. The second-order valence-corrected chi connectivity index (χ2v) is 5.50. The summed E-state index contributed by atoms with van der Waals surface area (Å²) in [6, 6.07) is 11.7. The van der Waals surface area contributed by atoms with Crippen LogP contribution in [0.4, 0.5) is 0 Å². The number of hydrogen-bond donors (Lipinski definition) is 1. The molecule has 1 aromatic rings. The minimum absolute atomic E-state index is 0.378. The summed E-state index contributed by atoms with van der Waals surface area (Å²) in [5.74, 6) is 0. The molecular formula is C18H32N2O. The van der Waals surface area contributed by atoms with Crippen LogP contribution in [-0.4, -0.2) is 44.3 Å². The van der Waals surface area contributed by atoms with Crippen molar-refractivity contribution in [3.63, 3.8) is 0 Å². The maximum Gasteiger partial charge on any atom is 0.0593 e. The summed E-state index contributed by atoms with van der Waals surface area (Å²) in [4.78, 5) is 2.43. The van der Waals surface area contributed by atoms with Crippen LogP contribution < -0.4 is 5.32 Å². The van der Waals surface area contributed by atoms with Gasteiger partial charge in [0.15, 0.2) is 0 Å². The highest BCUT2D eigenvalue weighted by molar-refractivity contribution is 5.20. The standard InChI is InChI=1S/C18H32N2O/c1-5-13-19-18(16-11-9-8-10-12-16)17(6-2)20(4)14-15-21-7-3/h8-12,17-19H,5-7,13-15H2,1-4H3. The zero-order chi connectivity index (χ0) is 15.5. The number of benzene rings is 1. The third kappa shape index (κ3) is 6.16. The molecule has 0 aliphatic carbocycles. The van der Waals surface area contributed by atoms with E-state index in [-0.39, 0.29) is 0 Å². The van der Waals surface area contributed by atoms with E-state index in [0.717, 1.165) is 39.1 Å². The van der Waals surface area contributed by atoms with E-state index < -0.39 is 0 Å². The Kier molecular flexibility index (Phi) is 9.31. The van der Waals surface area contributed by atoms with Crippen molar-refractivity contribution in [1.29, 1.82) is 0 Å². The molecule has 1 aromatic carbocycles. The molecule has 0 fully saturated rings. The van der Waals surface area contributed by atoms with Crippen LogP contribution >= 0.6 is 0 Å². The van der Waals surface area contributed by atoms with Crippen molar-refractivity contribution >= 4 is 0 Å². The van der Waals surface area contributed by atoms with E-state index in [1.54, 1.807) is 0 Å². The number of ether oxygens (including phenoxy) is 1. The Bertz CT molecular complexity index is 355. The first kappa shape index (κ1) is 18.1. The van der Waals surface area contributed by atoms with Crippen molar-refractivity contribution < 1.29 is 4.74 Å². The first-order chi connectivity index (χ1) is 10.2. The molecule has 0 amide bonds. The molecule has 0 bridgehead atoms. The topological polar surface area (TPSA) is 24.5 Å². The van der Waals surface area contributed by atoms with Crippen molar-refractivity contribution in [2.45, 2.75) is 45.7 Å². The largest absolute Gasteiger partial charge is 0.380 e. The second kappa shape index (κ2) is 10.8. The Balaban J connectivity index is 2.77. The maximum atomic E-state index is 5.50. The van der Waals surface area contributed by atoms with Crippen LogP contribution in [0.3, 0.4) is 0 Å². The van der Waals surface area contributed by atoms with Crippen molar-refractivity contribution in [2.75, 3.05) is 33.4 Å². The van der Waals surface area contributed by atoms with Gasteiger partial charge in [0.25, 0.3) is 0 Å². The highest BCUT2D eigenvalue weighted by Crippen LogP contribution is 2.22. The van der Waals surface area contributed by atoms with Crippen molar-refractivity contribution in [2.24, 2.45) is 0 Å². The molecule has 21 heavy (non-hydrogen) atoms. The number of nitrogens with one attached hydrogen (secondary N) is 1. The smallest absolute Gasteiger partial charge is 0.0593 e. The molecule has 1 N–H and O–H groups in total. The van der Waals surface area contributed by atoms with E-state index in [9.17, 15) is 0 Å². The normalized spacial score (nSPS) is 14.3. The van der Waals surface area contributed by atoms with E-state index >= 15 is 0 Å². The molecule has 0 aromatic heterocycles. The average molecular weight is 292 g/mol. The Hall–Kier alpha value is -0.900. The summed E-state index contributed by atoms with van der Waals surface area (Å²) in [5, 5.41) is 3.73. The Morgan fingerprint density at radius 1 is 1.14 bits per heavy atom. The summed E-state index contributed by atoms with van der Waals surface area (Å²) in [6.45, 7) is 10.2. The Morgan fingerprint density at radius 2 is 1.86 bits per heavy atom. The third-order valence-electron chi connectivity index (χ3n) is 3.93. The molecule has 1 rings (SSSR count). The SMILES string of the molecule is CCCNC(c1ccccc1)C(CC)N(C)CCOCC. The zero-order valence-electron chi connectivity index (χ0n) is 14.1. The van der Waals surface area contributed by atoms with Crippen molar-refractivity contribution in [3.8, 4) is 0 Å². The van der Waals surface area contributed by atoms with Gasteiger partial charge in [-0.05, 0) is 38.9 Å². The van der Waals surface area contributed by atoms with Gasteiger partial charge in [0, 0.05) is 25.2 Å². The van der Waals surface area contributed by atoms with Crippen molar-refractivity contribution in [1.82, 2.24) is 10.2 Å². The monoisotopic (exact) mass is 292 g/mol. The average Bonchev–Trinajstić information content (AvgIpc) is 2.52.